The monoisotopic (exact) mass is 316 g/mol. The molecule has 1 saturated heterocycles. The van der Waals surface area contributed by atoms with E-state index in [0.717, 1.165) is 29.8 Å². The number of aromatic nitrogens is 1. The fourth-order valence-corrected chi connectivity index (χ4v) is 2.98. The number of nitrogens with zero attached hydrogens (tertiary/aromatic N) is 2. The summed E-state index contributed by atoms with van der Waals surface area (Å²) in [6.45, 7) is 5.26. The second-order valence-corrected chi connectivity index (χ2v) is 6.69. The Morgan fingerprint density at radius 2 is 2.04 bits per heavy atom. The molecule has 0 bridgehead atoms. The van der Waals surface area contributed by atoms with Gasteiger partial charge in [0.15, 0.2) is 11.5 Å². The van der Waals surface area contributed by atoms with Crippen molar-refractivity contribution in [2.24, 2.45) is 5.92 Å². The van der Waals surface area contributed by atoms with Crippen LogP contribution in [0.5, 0.6) is 0 Å². The molecule has 1 fully saturated rings. The topological polar surface area (TPSA) is 66.6 Å². The third kappa shape index (κ3) is 3.55. The lowest BCUT2D eigenvalue weighted by atomic mass is 9.96. The van der Waals surface area contributed by atoms with E-state index in [4.69, 9.17) is 4.42 Å². The summed E-state index contributed by atoms with van der Waals surface area (Å²) in [6, 6.07) is 7.78. The Hall–Kier alpha value is -1.88. The van der Waals surface area contributed by atoms with E-state index in [0.29, 0.717) is 13.1 Å². The summed E-state index contributed by atoms with van der Waals surface area (Å²) in [5.74, 6) is 1.19. The molecule has 124 valence electrons. The van der Waals surface area contributed by atoms with Crippen LogP contribution < -0.4 is 0 Å². The highest BCUT2D eigenvalue weighted by Gasteiger charge is 2.28. The molecule has 1 N–H and O–H groups in total. The Balaban J connectivity index is 1.58. The van der Waals surface area contributed by atoms with Gasteiger partial charge >= 0.3 is 0 Å². The second-order valence-electron chi connectivity index (χ2n) is 6.69. The summed E-state index contributed by atoms with van der Waals surface area (Å²) in [5.41, 5.74) is 1.71. The van der Waals surface area contributed by atoms with Crippen molar-refractivity contribution in [2.75, 3.05) is 13.1 Å². The standard InChI is InChI=1S/C18H24N2O3/c1-12(2)15(21)11-17(22)20-9-7-13(8-10-20)18-19-14-5-3-4-6-16(14)23-18/h3-6,12-13,15,21H,7-11H2,1-2H3. The van der Waals surface area contributed by atoms with Crippen LogP contribution in [-0.4, -0.2) is 40.1 Å². The number of oxazole rings is 1. The van der Waals surface area contributed by atoms with E-state index >= 15 is 0 Å². The number of benzene rings is 1. The largest absolute Gasteiger partial charge is 0.440 e. The number of fused-ring (bicyclic) bond motifs is 1. The van der Waals surface area contributed by atoms with Gasteiger partial charge in [0.05, 0.1) is 12.5 Å². The van der Waals surface area contributed by atoms with E-state index in [1.165, 1.54) is 0 Å². The zero-order valence-corrected chi connectivity index (χ0v) is 13.7. The van der Waals surface area contributed by atoms with Gasteiger partial charge in [0.2, 0.25) is 5.91 Å². The third-order valence-corrected chi connectivity index (χ3v) is 4.66. The predicted molar refractivity (Wildman–Crippen MR) is 88.0 cm³/mol. The number of likely N-dealkylation sites (tertiary alicyclic amines) is 1. The number of rotatable bonds is 4. The Bertz CT molecular complexity index is 639. The van der Waals surface area contributed by atoms with Crippen molar-refractivity contribution < 1.29 is 14.3 Å². The molecule has 2 heterocycles. The zero-order valence-electron chi connectivity index (χ0n) is 13.7. The predicted octanol–water partition coefficient (Wildman–Crippen LogP) is 2.94. The van der Waals surface area contributed by atoms with E-state index in [1.807, 2.05) is 43.0 Å². The Kier molecular flexibility index (Phi) is 4.66. The second kappa shape index (κ2) is 6.71. The van der Waals surface area contributed by atoms with Crippen LogP contribution >= 0.6 is 0 Å². The summed E-state index contributed by atoms with van der Waals surface area (Å²) >= 11 is 0. The molecule has 5 heteroatoms. The zero-order chi connectivity index (χ0) is 16.4. The molecule has 0 spiro atoms. The maximum atomic E-state index is 12.2. The fourth-order valence-electron chi connectivity index (χ4n) is 2.98. The van der Waals surface area contributed by atoms with Crippen LogP contribution in [-0.2, 0) is 4.79 Å². The van der Waals surface area contributed by atoms with Crippen LogP contribution in [0.2, 0.25) is 0 Å². The number of hydrogen-bond donors (Lipinski definition) is 1. The van der Waals surface area contributed by atoms with Gasteiger partial charge in [0.25, 0.3) is 0 Å². The minimum atomic E-state index is -0.558. The first kappa shape index (κ1) is 16.0. The average Bonchev–Trinajstić information content (AvgIpc) is 2.98. The quantitative estimate of drug-likeness (QED) is 0.942. The van der Waals surface area contributed by atoms with Gasteiger partial charge in [-0.2, -0.15) is 0 Å². The van der Waals surface area contributed by atoms with Crippen molar-refractivity contribution in [3.8, 4) is 0 Å². The molecule has 1 atom stereocenters. The minimum Gasteiger partial charge on any atom is -0.440 e. The first-order valence-electron chi connectivity index (χ1n) is 8.36. The lowest BCUT2D eigenvalue weighted by Crippen LogP contribution is -2.40. The number of aliphatic hydroxyl groups excluding tert-OH is 1. The van der Waals surface area contributed by atoms with E-state index in [1.54, 1.807) is 0 Å². The molecule has 1 aliphatic rings. The van der Waals surface area contributed by atoms with E-state index in [9.17, 15) is 9.90 Å². The van der Waals surface area contributed by atoms with Crippen LogP contribution in [0.1, 0.15) is 44.9 Å². The van der Waals surface area contributed by atoms with Gasteiger partial charge in [0.1, 0.15) is 5.52 Å². The number of amides is 1. The van der Waals surface area contributed by atoms with Crippen LogP contribution in [0.4, 0.5) is 0 Å². The first-order valence-corrected chi connectivity index (χ1v) is 8.36. The van der Waals surface area contributed by atoms with Gasteiger partial charge in [-0.25, -0.2) is 4.98 Å². The maximum absolute atomic E-state index is 12.2. The van der Waals surface area contributed by atoms with Crippen LogP contribution in [0, 0.1) is 5.92 Å². The Morgan fingerprint density at radius 1 is 1.35 bits per heavy atom. The molecule has 1 aliphatic heterocycles. The number of para-hydroxylation sites is 2. The molecule has 1 unspecified atom stereocenters. The Labute approximate surface area is 136 Å². The van der Waals surface area contributed by atoms with Crippen molar-refractivity contribution in [1.29, 1.82) is 0 Å². The summed E-state index contributed by atoms with van der Waals surface area (Å²) in [6.07, 6.45) is 1.37. The molecule has 23 heavy (non-hydrogen) atoms. The summed E-state index contributed by atoms with van der Waals surface area (Å²) in [4.78, 5) is 18.6. The lowest BCUT2D eigenvalue weighted by molar-refractivity contribution is -0.135. The summed E-state index contributed by atoms with van der Waals surface area (Å²) in [5, 5.41) is 9.87. The van der Waals surface area contributed by atoms with E-state index in [-0.39, 0.29) is 24.2 Å². The lowest BCUT2D eigenvalue weighted by Gasteiger charge is -2.31. The maximum Gasteiger partial charge on any atom is 0.225 e. The smallest absolute Gasteiger partial charge is 0.225 e. The number of carbonyl (C=O) groups is 1. The van der Waals surface area contributed by atoms with Gasteiger partial charge < -0.3 is 14.4 Å². The van der Waals surface area contributed by atoms with Crippen molar-refractivity contribution in [3.63, 3.8) is 0 Å². The summed E-state index contributed by atoms with van der Waals surface area (Å²) < 4.78 is 5.84. The number of hydrogen-bond acceptors (Lipinski definition) is 4. The van der Waals surface area contributed by atoms with Crippen molar-refractivity contribution in [1.82, 2.24) is 9.88 Å². The highest BCUT2D eigenvalue weighted by Crippen LogP contribution is 2.30. The number of aliphatic hydroxyl groups is 1. The molecule has 2 aromatic rings. The van der Waals surface area contributed by atoms with Crippen LogP contribution in [0.15, 0.2) is 28.7 Å². The molecule has 1 aromatic heterocycles. The molecule has 1 aromatic carbocycles. The Morgan fingerprint density at radius 3 is 2.70 bits per heavy atom. The van der Waals surface area contributed by atoms with Gasteiger partial charge in [0, 0.05) is 19.0 Å². The molecule has 0 radical (unpaired) electrons. The third-order valence-electron chi connectivity index (χ3n) is 4.66. The van der Waals surface area contributed by atoms with Crippen molar-refractivity contribution in [2.45, 2.75) is 45.1 Å². The summed E-state index contributed by atoms with van der Waals surface area (Å²) in [7, 11) is 0. The van der Waals surface area contributed by atoms with E-state index in [2.05, 4.69) is 4.98 Å². The number of piperidine rings is 1. The van der Waals surface area contributed by atoms with E-state index < -0.39 is 6.10 Å². The molecular weight excluding hydrogens is 292 g/mol. The average molecular weight is 316 g/mol. The van der Waals surface area contributed by atoms with Gasteiger partial charge in [-0.15, -0.1) is 0 Å². The molecule has 0 aliphatic carbocycles. The van der Waals surface area contributed by atoms with Crippen molar-refractivity contribution in [3.05, 3.63) is 30.2 Å². The van der Waals surface area contributed by atoms with Gasteiger partial charge in [-0.05, 0) is 30.9 Å². The molecule has 3 rings (SSSR count). The molecule has 0 saturated carbocycles. The SMILES string of the molecule is CC(C)C(O)CC(=O)N1CCC(c2nc3ccccc3o2)CC1. The highest BCUT2D eigenvalue weighted by atomic mass is 16.3. The number of carbonyl (C=O) groups excluding carboxylic acids is 1. The molecule has 1 amide bonds. The minimum absolute atomic E-state index is 0.0437. The molecule has 5 nitrogen and oxygen atoms in total. The fraction of sp³-hybridized carbons (Fsp3) is 0.556. The van der Waals surface area contributed by atoms with Crippen LogP contribution in [0.3, 0.4) is 0 Å². The van der Waals surface area contributed by atoms with Crippen molar-refractivity contribution >= 4 is 17.0 Å². The first-order chi connectivity index (χ1) is 11.0. The van der Waals surface area contributed by atoms with Gasteiger partial charge in [-0.3, -0.25) is 4.79 Å². The van der Waals surface area contributed by atoms with Gasteiger partial charge in [-0.1, -0.05) is 26.0 Å². The normalized spacial score (nSPS) is 17.8. The molecular formula is C18H24N2O3. The van der Waals surface area contributed by atoms with Crippen LogP contribution in [0.25, 0.3) is 11.1 Å². The highest BCUT2D eigenvalue weighted by molar-refractivity contribution is 5.77.